The normalized spacial score (nSPS) is 11.7. The van der Waals surface area contributed by atoms with Crippen molar-refractivity contribution in [2.45, 2.75) is 18.2 Å². The van der Waals surface area contributed by atoms with Crippen LogP contribution in [-0.4, -0.2) is 44.6 Å². The van der Waals surface area contributed by atoms with Gasteiger partial charge >= 0.3 is 12.1 Å². The Bertz CT molecular complexity index is 1160. The van der Waals surface area contributed by atoms with E-state index in [0.29, 0.717) is 16.1 Å². The van der Waals surface area contributed by atoms with E-state index in [9.17, 15) is 13.8 Å². The summed E-state index contributed by atoms with van der Waals surface area (Å²) in [4.78, 5) is 32.1. The first kappa shape index (κ1) is 23.2. The van der Waals surface area contributed by atoms with Crippen LogP contribution in [0.2, 0.25) is 0 Å². The number of nitrogens with zero attached hydrogens (tertiary/aromatic N) is 3. The third-order valence-electron chi connectivity index (χ3n) is 3.88. The molecule has 10 nitrogen and oxygen atoms in total. The molecule has 168 valence electrons. The Balaban J connectivity index is 1.77. The molecule has 0 aliphatic heterocycles. The Labute approximate surface area is 189 Å². The molecule has 0 radical (unpaired) electrons. The molecule has 0 saturated heterocycles. The SMILES string of the molecule is CCOC(=O)N=[SH](=O)c1ccc(Nc2ncc(-c3cccs3)c(OCCC(=O)O)n2)cc1. The number of thiol groups is 1. The third-order valence-corrected chi connectivity index (χ3v) is 5.87. The fourth-order valence-corrected chi connectivity index (χ4v) is 3.91. The first-order chi connectivity index (χ1) is 15.5. The largest absolute Gasteiger partial charge is 0.481 e. The first-order valence-corrected chi connectivity index (χ1v) is 11.5. The van der Waals surface area contributed by atoms with Gasteiger partial charge in [-0.2, -0.15) is 4.98 Å². The minimum Gasteiger partial charge on any atom is -0.481 e. The van der Waals surface area contributed by atoms with Crippen molar-refractivity contribution in [1.82, 2.24) is 9.97 Å². The number of carbonyl (C=O) groups is 2. The molecule has 1 atom stereocenters. The van der Waals surface area contributed by atoms with Gasteiger partial charge in [0, 0.05) is 21.7 Å². The van der Waals surface area contributed by atoms with Gasteiger partial charge in [0.2, 0.25) is 11.8 Å². The fourth-order valence-electron chi connectivity index (χ4n) is 2.46. The summed E-state index contributed by atoms with van der Waals surface area (Å²) in [6.45, 7) is 1.76. The highest BCUT2D eigenvalue weighted by Gasteiger charge is 2.13. The van der Waals surface area contributed by atoms with Crippen LogP contribution in [0.15, 0.2) is 57.2 Å². The van der Waals surface area contributed by atoms with Gasteiger partial charge in [-0.25, -0.2) is 14.0 Å². The van der Waals surface area contributed by atoms with Gasteiger partial charge < -0.3 is 19.9 Å². The smallest absolute Gasteiger partial charge is 0.441 e. The third kappa shape index (κ3) is 6.49. The Kier molecular flexibility index (Phi) is 8.11. The summed E-state index contributed by atoms with van der Waals surface area (Å²) in [5.74, 6) is -0.466. The number of hydrogen-bond donors (Lipinski definition) is 3. The highest BCUT2D eigenvalue weighted by atomic mass is 32.2. The fraction of sp³-hybridized carbons (Fsp3) is 0.200. The highest BCUT2D eigenvalue weighted by molar-refractivity contribution is 7.75. The summed E-state index contributed by atoms with van der Waals surface area (Å²) in [5.41, 5.74) is 1.26. The number of thiophene rings is 1. The zero-order valence-electron chi connectivity index (χ0n) is 16.9. The lowest BCUT2D eigenvalue weighted by atomic mass is 10.2. The van der Waals surface area contributed by atoms with E-state index in [1.807, 2.05) is 17.5 Å². The molecule has 2 aromatic heterocycles. The zero-order chi connectivity index (χ0) is 22.9. The summed E-state index contributed by atoms with van der Waals surface area (Å²) in [6, 6.07) is 10.2. The zero-order valence-corrected chi connectivity index (χ0v) is 18.6. The molecule has 0 aliphatic rings. The van der Waals surface area contributed by atoms with E-state index >= 15 is 0 Å². The predicted molar refractivity (Wildman–Crippen MR) is 120 cm³/mol. The van der Waals surface area contributed by atoms with Crippen LogP contribution in [0.3, 0.4) is 0 Å². The summed E-state index contributed by atoms with van der Waals surface area (Å²) < 4.78 is 25.9. The Morgan fingerprint density at radius 2 is 2.03 bits per heavy atom. The molecule has 1 aromatic carbocycles. The van der Waals surface area contributed by atoms with Gasteiger partial charge in [-0.3, -0.25) is 4.79 Å². The molecule has 3 rings (SSSR count). The maximum Gasteiger partial charge on any atom is 0.441 e. The number of amides is 1. The van der Waals surface area contributed by atoms with Gasteiger partial charge in [-0.15, -0.1) is 15.7 Å². The molecule has 3 aromatic rings. The summed E-state index contributed by atoms with van der Waals surface area (Å²) in [6.07, 6.45) is 0.568. The standard InChI is InChI=1S/C20H20N4O6S2/c1-2-29-20(27)24-32(28)14-7-5-13(6-8-14)22-19-21-12-15(16-4-3-11-31-16)18(23-19)30-10-9-17(25)26/h3-8,11-12,32H,2,9-10H2,1H3,(H,25,26)(H,21,22,23). The number of benzene rings is 1. The van der Waals surface area contributed by atoms with Crippen molar-refractivity contribution in [1.29, 1.82) is 0 Å². The van der Waals surface area contributed by atoms with Crippen molar-refractivity contribution in [3.8, 4) is 16.3 Å². The van der Waals surface area contributed by atoms with Gasteiger partial charge in [0.1, 0.15) is 6.61 Å². The number of hydrogen-bond acceptors (Lipinski definition) is 9. The van der Waals surface area contributed by atoms with Gasteiger partial charge in [0.05, 0.1) is 29.2 Å². The summed E-state index contributed by atoms with van der Waals surface area (Å²) in [5, 5.41) is 13.8. The molecule has 1 unspecified atom stereocenters. The van der Waals surface area contributed by atoms with Crippen LogP contribution in [0.4, 0.5) is 16.4 Å². The first-order valence-electron chi connectivity index (χ1n) is 9.44. The van der Waals surface area contributed by atoms with E-state index in [4.69, 9.17) is 9.84 Å². The molecular weight excluding hydrogens is 456 g/mol. The van der Waals surface area contributed by atoms with Crippen molar-refractivity contribution in [3.05, 3.63) is 48.0 Å². The minimum atomic E-state index is -2.27. The van der Waals surface area contributed by atoms with Crippen LogP contribution >= 0.6 is 11.3 Å². The molecule has 2 N–H and O–H groups in total. The number of nitrogens with one attached hydrogen (secondary N) is 1. The molecule has 0 aliphatic carbocycles. The molecule has 0 saturated carbocycles. The number of rotatable bonds is 9. The molecule has 0 spiro atoms. The van der Waals surface area contributed by atoms with E-state index < -0.39 is 22.7 Å². The second-order valence-corrected chi connectivity index (χ2v) is 8.34. The number of anilines is 2. The summed E-state index contributed by atoms with van der Waals surface area (Å²) in [7, 11) is -2.27. The van der Waals surface area contributed by atoms with Crippen molar-refractivity contribution in [2.75, 3.05) is 18.5 Å². The van der Waals surface area contributed by atoms with E-state index in [1.54, 1.807) is 37.4 Å². The molecule has 1 amide bonds. The minimum absolute atomic E-state index is 0.0319. The number of carboxylic acids is 1. The number of carboxylic acid groups (broad SMARTS) is 1. The van der Waals surface area contributed by atoms with Crippen molar-refractivity contribution in [3.63, 3.8) is 0 Å². The van der Waals surface area contributed by atoms with E-state index in [-0.39, 0.29) is 31.5 Å². The number of aliphatic carboxylic acids is 1. The Hall–Kier alpha value is -3.51. The maximum atomic E-state index is 12.1. The van der Waals surface area contributed by atoms with Crippen LogP contribution in [0.25, 0.3) is 10.4 Å². The lowest BCUT2D eigenvalue weighted by Crippen LogP contribution is -2.08. The Morgan fingerprint density at radius 1 is 1.25 bits per heavy atom. The van der Waals surface area contributed by atoms with Crippen molar-refractivity contribution in [2.24, 2.45) is 4.36 Å². The lowest BCUT2D eigenvalue weighted by Gasteiger charge is -2.11. The second-order valence-electron chi connectivity index (χ2n) is 6.13. The lowest BCUT2D eigenvalue weighted by molar-refractivity contribution is -0.137. The topological polar surface area (TPSA) is 140 Å². The molecular formula is C20H20N4O6S2. The quantitative estimate of drug-likeness (QED) is 0.391. The van der Waals surface area contributed by atoms with Crippen LogP contribution in [0, 0.1) is 0 Å². The average molecular weight is 477 g/mol. The highest BCUT2D eigenvalue weighted by Crippen LogP contribution is 2.32. The number of aromatic nitrogens is 2. The molecule has 32 heavy (non-hydrogen) atoms. The van der Waals surface area contributed by atoms with Crippen LogP contribution in [-0.2, 0) is 20.1 Å². The molecule has 2 heterocycles. The second kappa shape index (κ2) is 11.2. The van der Waals surface area contributed by atoms with Gasteiger partial charge in [-0.05, 0) is 42.6 Å². The van der Waals surface area contributed by atoms with Crippen molar-refractivity contribution < 1.29 is 28.4 Å². The van der Waals surface area contributed by atoms with E-state index in [1.165, 1.54) is 11.3 Å². The van der Waals surface area contributed by atoms with E-state index in [0.717, 1.165) is 4.88 Å². The maximum absolute atomic E-state index is 12.1. The number of ether oxygens (including phenoxy) is 2. The van der Waals surface area contributed by atoms with Gasteiger partial charge in [-0.1, -0.05) is 6.07 Å². The van der Waals surface area contributed by atoms with Crippen molar-refractivity contribution >= 4 is 45.6 Å². The summed E-state index contributed by atoms with van der Waals surface area (Å²) >= 11 is 1.48. The molecule has 12 heteroatoms. The average Bonchev–Trinajstić information content (AvgIpc) is 3.29. The van der Waals surface area contributed by atoms with Crippen LogP contribution in [0.5, 0.6) is 5.88 Å². The van der Waals surface area contributed by atoms with Crippen LogP contribution in [0.1, 0.15) is 13.3 Å². The van der Waals surface area contributed by atoms with Gasteiger partial charge in [0.25, 0.3) is 0 Å². The molecule has 0 fully saturated rings. The molecule has 0 bridgehead atoms. The van der Waals surface area contributed by atoms with Gasteiger partial charge in [0.15, 0.2) is 0 Å². The Morgan fingerprint density at radius 3 is 2.69 bits per heavy atom. The van der Waals surface area contributed by atoms with E-state index in [2.05, 4.69) is 24.4 Å². The number of carbonyl (C=O) groups excluding carboxylic acids is 1. The van der Waals surface area contributed by atoms with Crippen LogP contribution < -0.4 is 10.1 Å². The monoisotopic (exact) mass is 476 g/mol. The predicted octanol–water partition coefficient (Wildman–Crippen LogP) is 3.98.